The first-order valence-corrected chi connectivity index (χ1v) is 9.17. The quantitative estimate of drug-likeness (QED) is 0.892. The molecular weight excluding hydrogens is 326 g/mol. The number of benzene rings is 2. The summed E-state index contributed by atoms with van der Waals surface area (Å²) >= 11 is 0. The predicted molar refractivity (Wildman–Crippen MR) is 101 cm³/mol. The fourth-order valence-corrected chi connectivity index (χ4v) is 3.79. The second-order valence-electron chi connectivity index (χ2n) is 7.10. The van der Waals surface area contributed by atoms with Gasteiger partial charge in [-0.3, -0.25) is 14.5 Å². The van der Waals surface area contributed by atoms with E-state index in [2.05, 4.69) is 27.7 Å². The molecule has 2 aromatic carbocycles. The molecule has 0 unspecified atom stereocenters. The molecule has 1 fully saturated rings. The molecule has 1 atom stereocenters. The van der Waals surface area contributed by atoms with E-state index in [0.717, 1.165) is 38.0 Å². The topological polar surface area (TPSA) is 61.4 Å². The SMILES string of the molecule is O=C1NCc2ccc(NC(=O)[C@H]3CCCN(Cc4ccccc4)C3)cc21. The number of amides is 2. The molecule has 2 aromatic rings. The van der Waals surface area contributed by atoms with Crippen LogP contribution in [0.2, 0.25) is 0 Å². The van der Waals surface area contributed by atoms with Crippen LogP contribution in [0.5, 0.6) is 0 Å². The monoisotopic (exact) mass is 349 g/mol. The Morgan fingerprint density at radius 3 is 2.88 bits per heavy atom. The molecule has 0 bridgehead atoms. The lowest BCUT2D eigenvalue weighted by atomic mass is 9.96. The zero-order valence-electron chi connectivity index (χ0n) is 14.7. The van der Waals surface area contributed by atoms with Gasteiger partial charge in [0.05, 0.1) is 5.92 Å². The smallest absolute Gasteiger partial charge is 0.251 e. The molecule has 2 heterocycles. The molecule has 0 radical (unpaired) electrons. The maximum Gasteiger partial charge on any atom is 0.251 e. The van der Waals surface area contributed by atoms with E-state index in [4.69, 9.17) is 0 Å². The van der Waals surface area contributed by atoms with E-state index in [1.54, 1.807) is 6.07 Å². The summed E-state index contributed by atoms with van der Waals surface area (Å²) in [4.78, 5) is 26.8. The fraction of sp³-hybridized carbons (Fsp3) is 0.333. The van der Waals surface area contributed by atoms with Crippen molar-refractivity contribution in [1.29, 1.82) is 0 Å². The Morgan fingerprint density at radius 1 is 1.19 bits per heavy atom. The van der Waals surface area contributed by atoms with Gasteiger partial charge in [-0.25, -0.2) is 0 Å². The minimum absolute atomic E-state index is 0.0189. The van der Waals surface area contributed by atoms with Gasteiger partial charge in [-0.15, -0.1) is 0 Å². The average molecular weight is 349 g/mol. The van der Waals surface area contributed by atoms with Crippen LogP contribution in [0.15, 0.2) is 48.5 Å². The number of anilines is 1. The second kappa shape index (κ2) is 7.30. The number of rotatable bonds is 4. The number of piperidine rings is 1. The Bertz CT molecular complexity index is 819. The van der Waals surface area contributed by atoms with Gasteiger partial charge in [0, 0.05) is 30.9 Å². The van der Waals surface area contributed by atoms with Crippen LogP contribution >= 0.6 is 0 Å². The van der Waals surface area contributed by atoms with Gasteiger partial charge in [0.25, 0.3) is 5.91 Å². The molecule has 5 nitrogen and oxygen atoms in total. The van der Waals surface area contributed by atoms with Gasteiger partial charge in [0.1, 0.15) is 0 Å². The van der Waals surface area contributed by atoms with Gasteiger partial charge in [0.15, 0.2) is 0 Å². The fourth-order valence-electron chi connectivity index (χ4n) is 3.79. The summed E-state index contributed by atoms with van der Waals surface area (Å²) in [5, 5.41) is 5.80. The molecule has 134 valence electrons. The highest BCUT2D eigenvalue weighted by molar-refractivity contribution is 6.00. The van der Waals surface area contributed by atoms with Crippen LogP contribution in [-0.2, 0) is 17.9 Å². The van der Waals surface area contributed by atoms with Crippen molar-refractivity contribution in [3.05, 3.63) is 65.2 Å². The summed E-state index contributed by atoms with van der Waals surface area (Å²) in [5.41, 5.74) is 3.63. The highest BCUT2D eigenvalue weighted by atomic mass is 16.2. The lowest BCUT2D eigenvalue weighted by Gasteiger charge is -2.32. The first kappa shape index (κ1) is 16.8. The molecule has 0 aromatic heterocycles. The molecule has 2 aliphatic rings. The van der Waals surface area contributed by atoms with Crippen molar-refractivity contribution in [2.24, 2.45) is 5.92 Å². The van der Waals surface area contributed by atoms with Gasteiger partial charge >= 0.3 is 0 Å². The zero-order valence-corrected chi connectivity index (χ0v) is 14.7. The van der Waals surface area contributed by atoms with Crippen LogP contribution in [0.3, 0.4) is 0 Å². The third kappa shape index (κ3) is 3.63. The number of nitrogens with zero attached hydrogens (tertiary/aromatic N) is 1. The predicted octanol–water partition coefficient (Wildman–Crippen LogP) is 2.78. The maximum atomic E-state index is 12.7. The molecule has 2 amide bonds. The van der Waals surface area contributed by atoms with E-state index in [1.165, 1.54) is 5.56 Å². The Hall–Kier alpha value is -2.66. The first-order chi connectivity index (χ1) is 12.7. The summed E-state index contributed by atoms with van der Waals surface area (Å²) < 4.78 is 0. The molecule has 2 N–H and O–H groups in total. The number of hydrogen-bond acceptors (Lipinski definition) is 3. The standard InChI is InChI=1S/C21H23N3O2/c25-20(23-18-9-8-16-12-22-21(26)19(16)11-18)17-7-4-10-24(14-17)13-15-5-2-1-3-6-15/h1-3,5-6,8-9,11,17H,4,7,10,12-14H2,(H,22,26)(H,23,25)/t17-/m0/s1. The van der Waals surface area contributed by atoms with Crippen molar-refractivity contribution >= 4 is 17.5 Å². The Morgan fingerprint density at radius 2 is 2.04 bits per heavy atom. The third-order valence-electron chi connectivity index (χ3n) is 5.19. The van der Waals surface area contributed by atoms with Crippen molar-refractivity contribution in [2.45, 2.75) is 25.9 Å². The van der Waals surface area contributed by atoms with Crippen molar-refractivity contribution in [1.82, 2.24) is 10.2 Å². The van der Waals surface area contributed by atoms with E-state index in [0.29, 0.717) is 17.8 Å². The van der Waals surface area contributed by atoms with Gasteiger partial charge in [-0.2, -0.15) is 0 Å². The van der Waals surface area contributed by atoms with Crippen LogP contribution in [0, 0.1) is 5.92 Å². The molecule has 0 aliphatic carbocycles. The first-order valence-electron chi connectivity index (χ1n) is 9.17. The summed E-state index contributed by atoms with van der Waals surface area (Å²) in [5.74, 6) is -0.0431. The van der Waals surface area contributed by atoms with Gasteiger partial charge in [-0.05, 0) is 42.6 Å². The Kier molecular flexibility index (Phi) is 4.71. The van der Waals surface area contributed by atoms with Crippen LogP contribution in [0.4, 0.5) is 5.69 Å². The van der Waals surface area contributed by atoms with E-state index in [9.17, 15) is 9.59 Å². The van der Waals surface area contributed by atoms with Crippen LogP contribution < -0.4 is 10.6 Å². The maximum absolute atomic E-state index is 12.7. The van der Waals surface area contributed by atoms with E-state index in [-0.39, 0.29) is 17.7 Å². The van der Waals surface area contributed by atoms with E-state index in [1.807, 2.05) is 30.3 Å². The summed E-state index contributed by atoms with van der Waals surface area (Å²) in [7, 11) is 0. The summed E-state index contributed by atoms with van der Waals surface area (Å²) in [6, 6.07) is 15.9. The summed E-state index contributed by atoms with van der Waals surface area (Å²) in [6.45, 7) is 3.24. The summed E-state index contributed by atoms with van der Waals surface area (Å²) in [6.07, 6.45) is 1.93. The van der Waals surface area contributed by atoms with Gasteiger partial charge < -0.3 is 10.6 Å². The van der Waals surface area contributed by atoms with E-state index >= 15 is 0 Å². The Labute approximate surface area is 153 Å². The van der Waals surface area contributed by atoms with Crippen molar-refractivity contribution in [2.75, 3.05) is 18.4 Å². The van der Waals surface area contributed by atoms with Crippen LogP contribution in [0.25, 0.3) is 0 Å². The molecule has 0 spiro atoms. The molecule has 26 heavy (non-hydrogen) atoms. The number of hydrogen-bond donors (Lipinski definition) is 2. The highest BCUT2D eigenvalue weighted by Gasteiger charge is 2.26. The Balaban J connectivity index is 1.38. The largest absolute Gasteiger partial charge is 0.348 e. The van der Waals surface area contributed by atoms with Crippen LogP contribution in [-0.4, -0.2) is 29.8 Å². The second-order valence-corrected chi connectivity index (χ2v) is 7.10. The lowest BCUT2D eigenvalue weighted by Crippen LogP contribution is -2.40. The average Bonchev–Trinajstić information content (AvgIpc) is 3.03. The molecule has 5 heteroatoms. The number of carbonyl (C=O) groups excluding carboxylic acids is 2. The lowest BCUT2D eigenvalue weighted by molar-refractivity contribution is -0.121. The van der Waals surface area contributed by atoms with Gasteiger partial charge in [-0.1, -0.05) is 36.4 Å². The molecule has 1 saturated heterocycles. The van der Waals surface area contributed by atoms with Crippen molar-refractivity contribution < 1.29 is 9.59 Å². The minimum atomic E-state index is -0.0669. The highest BCUT2D eigenvalue weighted by Crippen LogP contribution is 2.23. The van der Waals surface area contributed by atoms with Crippen LogP contribution in [0.1, 0.15) is 34.3 Å². The van der Waals surface area contributed by atoms with Crippen molar-refractivity contribution in [3.8, 4) is 0 Å². The number of fused-ring (bicyclic) bond motifs is 1. The molecule has 4 rings (SSSR count). The third-order valence-corrected chi connectivity index (χ3v) is 5.19. The zero-order chi connectivity index (χ0) is 17.9. The molecular formula is C21H23N3O2. The normalized spacial score (nSPS) is 19.7. The number of carbonyl (C=O) groups is 2. The number of nitrogens with one attached hydrogen (secondary N) is 2. The van der Waals surface area contributed by atoms with E-state index < -0.39 is 0 Å². The molecule has 0 saturated carbocycles. The molecule has 2 aliphatic heterocycles. The number of likely N-dealkylation sites (tertiary alicyclic amines) is 1. The minimum Gasteiger partial charge on any atom is -0.348 e. The van der Waals surface area contributed by atoms with Gasteiger partial charge in [0.2, 0.25) is 5.91 Å². The van der Waals surface area contributed by atoms with Crippen molar-refractivity contribution in [3.63, 3.8) is 0 Å².